The van der Waals surface area contributed by atoms with Crippen molar-refractivity contribution in [2.75, 3.05) is 13.2 Å². The van der Waals surface area contributed by atoms with E-state index in [4.69, 9.17) is 15.2 Å². The van der Waals surface area contributed by atoms with Crippen molar-refractivity contribution >= 4 is 6.29 Å². The Morgan fingerprint density at radius 1 is 1.24 bits per heavy atom. The van der Waals surface area contributed by atoms with E-state index in [-0.39, 0.29) is 0 Å². The van der Waals surface area contributed by atoms with E-state index in [0.29, 0.717) is 30.3 Å². The van der Waals surface area contributed by atoms with Crippen LogP contribution in [0.3, 0.4) is 0 Å². The molecular weight excluding hydrogens is 218 g/mol. The quantitative estimate of drug-likeness (QED) is 0.795. The van der Waals surface area contributed by atoms with Crippen molar-refractivity contribution in [1.82, 2.24) is 0 Å². The van der Waals surface area contributed by atoms with Gasteiger partial charge in [-0.3, -0.25) is 4.79 Å². The van der Waals surface area contributed by atoms with Gasteiger partial charge in [0.25, 0.3) is 0 Å². The zero-order valence-corrected chi connectivity index (χ0v) is 10.2. The number of rotatable bonds is 2. The van der Waals surface area contributed by atoms with Gasteiger partial charge in [0.15, 0.2) is 17.8 Å². The maximum Gasteiger partial charge on any atom is 0.172 e. The largest absolute Gasteiger partial charge is 0.489 e. The smallest absolute Gasteiger partial charge is 0.172 e. The molecule has 17 heavy (non-hydrogen) atoms. The number of aldehydes is 1. The van der Waals surface area contributed by atoms with Crippen LogP contribution in [0.4, 0.5) is 0 Å². The predicted octanol–water partition coefficient (Wildman–Crippen LogP) is 1.85. The number of carbonyl (C=O) groups excluding carboxylic acids is 1. The van der Waals surface area contributed by atoms with Gasteiger partial charge in [-0.15, -0.1) is 0 Å². The van der Waals surface area contributed by atoms with E-state index in [1.165, 1.54) is 0 Å². The molecule has 0 fully saturated rings. The lowest BCUT2D eigenvalue weighted by Crippen LogP contribution is -2.29. The van der Waals surface area contributed by atoms with E-state index in [1.807, 2.05) is 19.9 Å². The normalized spacial score (nSPS) is 15.2. The van der Waals surface area contributed by atoms with Gasteiger partial charge in [-0.25, -0.2) is 0 Å². The Morgan fingerprint density at radius 2 is 1.88 bits per heavy atom. The van der Waals surface area contributed by atoms with Crippen LogP contribution in [0, 0.1) is 0 Å². The number of hydrogen-bond acceptors (Lipinski definition) is 4. The number of ether oxygens (including phenoxy) is 2. The van der Waals surface area contributed by atoms with Gasteiger partial charge < -0.3 is 15.2 Å². The van der Waals surface area contributed by atoms with E-state index < -0.39 is 5.54 Å². The van der Waals surface area contributed by atoms with Crippen LogP contribution in [-0.2, 0) is 5.54 Å². The molecule has 92 valence electrons. The van der Waals surface area contributed by atoms with Crippen molar-refractivity contribution in [2.45, 2.75) is 25.8 Å². The SMILES string of the molecule is CC(C)(N)c1ccc(C=O)c2c1OCCCO2. The van der Waals surface area contributed by atoms with Gasteiger partial charge in [-0.05, 0) is 19.9 Å². The highest BCUT2D eigenvalue weighted by molar-refractivity contribution is 5.82. The van der Waals surface area contributed by atoms with Crippen LogP contribution in [0.1, 0.15) is 36.2 Å². The molecule has 0 aliphatic carbocycles. The Hall–Kier alpha value is -1.55. The molecule has 4 nitrogen and oxygen atoms in total. The third-order valence-corrected chi connectivity index (χ3v) is 2.75. The summed E-state index contributed by atoms with van der Waals surface area (Å²) in [7, 11) is 0. The van der Waals surface area contributed by atoms with E-state index in [1.54, 1.807) is 6.07 Å². The van der Waals surface area contributed by atoms with Crippen molar-refractivity contribution in [3.63, 3.8) is 0 Å². The van der Waals surface area contributed by atoms with Crippen LogP contribution in [0.15, 0.2) is 12.1 Å². The molecule has 0 bridgehead atoms. The van der Waals surface area contributed by atoms with Crippen LogP contribution in [0.2, 0.25) is 0 Å². The summed E-state index contributed by atoms with van der Waals surface area (Å²) in [4.78, 5) is 11.0. The Labute approximate surface area is 101 Å². The minimum absolute atomic E-state index is 0.509. The third kappa shape index (κ3) is 2.26. The first-order chi connectivity index (χ1) is 8.04. The van der Waals surface area contributed by atoms with Crippen LogP contribution >= 0.6 is 0 Å². The molecule has 4 heteroatoms. The fourth-order valence-corrected chi connectivity index (χ4v) is 1.88. The van der Waals surface area contributed by atoms with Crippen LogP contribution in [-0.4, -0.2) is 19.5 Å². The first kappa shape index (κ1) is 11.9. The molecule has 1 aliphatic heterocycles. The number of hydrogen-bond donors (Lipinski definition) is 1. The molecular formula is C13H17NO3. The first-order valence-electron chi connectivity index (χ1n) is 5.71. The topological polar surface area (TPSA) is 61.6 Å². The fraction of sp³-hybridized carbons (Fsp3) is 0.462. The minimum Gasteiger partial charge on any atom is -0.489 e. The second-order valence-electron chi connectivity index (χ2n) is 4.75. The summed E-state index contributed by atoms with van der Waals surface area (Å²) in [6.45, 7) is 4.94. The molecule has 0 saturated carbocycles. The maximum absolute atomic E-state index is 11.0. The molecule has 0 radical (unpaired) electrons. The monoisotopic (exact) mass is 235 g/mol. The van der Waals surface area contributed by atoms with E-state index in [2.05, 4.69) is 0 Å². The summed E-state index contributed by atoms with van der Waals surface area (Å²) in [6, 6.07) is 3.56. The third-order valence-electron chi connectivity index (χ3n) is 2.75. The highest BCUT2D eigenvalue weighted by atomic mass is 16.5. The lowest BCUT2D eigenvalue weighted by atomic mass is 9.93. The van der Waals surface area contributed by atoms with E-state index in [9.17, 15) is 4.79 Å². The molecule has 1 aliphatic rings. The van der Waals surface area contributed by atoms with Crippen molar-refractivity contribution < 1.29 is 14.3 Å². The molecule has 0 unspecified atom stereocenters. The highest BCUT2D eigenvalue weighted by Crippen LogP contribution is 2.40. The molecule has 1 heterocycles. The molecule has 2 N–H and O–H groups in total. The Balaban J connectivity index is 2.61. The molecule has 0 amide bonds. The standard InChI is InChI=1S/C13H17NO3/c1-13(2,14)10-5-4-9(8-15)11-12(10)17-7-3-6-16-11/h4-5,8H,3,6-7,14H2,1-2H3. The summed E-state index contributed by atoms with van der Waals surface area (Å²) in [5, 5.41) is 0. The van der Waals surface area contributed by atoms with Crippen LogP contribution in [0.25, 0.3) is 0 Å². The second-order valence-corrected chi connectivity index (χ2v) is 4.75. The minimum atomic E-state index is -0.529. The molecule has 0 spiro atoms. The van der Waals surface area contributed by atoms with Crippen molar-refractivity contribution in [3.8, 4) is 11.5 Å². The predicted molar refractivity (Wildman–Crippen MR) is 64.6 cm³/mol. The van der Waals surface area contributed by atoms with Gasteiger partial charge in [-0.1, -0.05) is 6.07 Å². The molecule has 0 atom stereocenters. The zero-order chi connectivity index (χ0) is 12.5. The molecule has 1 aromatic carbocycles. The highest BCUT2D eigenvalue weighted by Gasteiger charge is 2.26. The van der Waals surface area contributed by atoms with Gasteiger partial charge in [0.1, 0.15) is 0 Å². The van der Waals surface area contributed by atoms with Crippen molar-refractivity contribution in [1.29, 1.82) is 0 Å². The van der Waals surface area contributed by atoms with Gasteiger partial charge in [0.2, 0.25) is 0 Å². The first-order valence-corrected chi connectivity index (χ1v) is 5.71. The van der Waals surface area contributed by atoms with Crippen molar-refractivity contribution in [3.05, 3.63) is 23.3 Å². The van der Waals surface area contributed by atoms with Gasteiger partial charge >= 0.3 is 0 Å². The lowest BCUT2D eigenvalue weighted by molar-refractivity contribution is 0.111. The number of benzene rings is 1. The lowest BCUT2D eigenvalue weighted by Gasteiger charge is -2.23. The van der Waals surface area contributed by atoms with Gasteiger partial charge in [-0.2, -0.15) is 0 Å². The van der Waals surface area contributed by atoms with Gasteiger partial charge in [0.05, 0.1) is 18.8 Å². The number of nitrogens with two attached hydrogens (primary N) is 1. The summed E-state index contributed by atoms with van der Waals surface area (Å²) >= 11 is 0. The van der Waals surface area contributed by atoms with Crippen LogP contribution in [0.5, 0.6) is 11.5 Å². The summed E-state index contributed by atoms with van der Waals surface area (Å²) in [5.74, 6) is 1.13. The molecule has 1 aromatic rings. The maximum atomic E-state index is 11.0. The zero-order valence-electron chi connectivity index (χ0n) is 10.2. The molecule has 2 rings (SSSR count). The fourth-order valence-electron chi connectivity index (χ4n) is 1.88. The summed E-state index contributed by atoms with van der Waals surface area (Å²) in [6.07, 6.45) is 1.58. The average molecular weight is 235 g/mol. The molecule has 0 aromatic heterocycles. The Bertz CT molecular complexity index is 435. The molecule has 0 saturated heterocycles. The second kappa shape index (κ2) is 4.37. The summed E-state index contributed by atoms with van der Waals surface area (Å²) < 4.78 is 11.3. The number of carbonyl (C=O) groups is 1. The average Bonchev–Trinajstić information content (AvgIpc) is 2.51. The Kier molecular flexibility index (Phi) is 3.07. The van der Waals surface area contributed by atoms with E-state index >= 15 is 0 Å². The van der Waals surface area contributed by atoms with Gasteiger partial charge in [0, 0.05) is 17.5 Å². The Morgan fingerprint density at radius 3 is 2.47 bits per heavy atom. The van der Waals surface area contributed by atoms with E-state index in [0.717, 1.165) is 18.3 Å². The summed E-state index contributed by atoms with van der Waals surface area (Å²) in [5.41, 5.74) is 6.94. The van der Waals surface area contributed by atoms with Crippen molar-refractivity contribution in [2.24, 2.45) is 5.73 Å². The number of fused-ring (bicyclic) bond motifs is 1. The van der Waals surface area contributed by atoms with Crippen LogP contribution < -0.4 is 15.2 Å².